The molecule has 0 heterocycles. The van der Waals surface area contributed by atoms with Crippen molar-refractivity contribution in [1.82, 2.24) is 5.32 Å². The highest BCUT2D eigenvalue weighted by atomic mass is 32.2. The monoisotopic (exact) mass is 605 g/mol. The number of amides is 1. The van der Waals surface area contributed by atoms with Crippen LogP contribution in [0.1, 0.15) is 46.0 Å². The Hall–Kier alpha value is -1.32. The Kier molecular flexibility index (Phi) is 19.9. The maximum Gasteiger partial charge on any atom is 0.306 e. The molecule has 0 bridgehead atoms. The van der Waals surface area contributed by atoms with E-state index in [0.29, 0.717) is 50.6 Å². The van der Waals surface area contributed by atoms with Crippen molar-refractivity contribution < 1.29 is 37.5 Å². The molecular weight excluding hydrogens is 555 g/mol. The fourth-order valence-corrected chi connectivity index (χ4v) is 13.2. The minimum absolute atomic E-state index is 0.0164. The first-order valence-electron chi connectivity index (χ1n) is 13.7. The Morgan fingerprint density at radius 2 is 1.56 bits per heavy atom. The molecule has 0 radical (unpaired) electrons. The number of ether oxygens (including phenoxy) is 3. The predicted octanol–water partition coefficient (Wildman–Crippen LogP) is 4.52. The number of esters is 1. The predicted molar refractivity (Wildman–Crippen MR) is 162 cm³/mol. The number of carbonyl (C=O) groups is 4. The third-order valence-electron chi connectivity index (χ3n) is 5.73. The number of Topliss-reactive ketones (excluding diaryl/α,β-unsaturated/α-hetero) is 1. The lowest BCUT2D eigenvalue weighted by atomic mass is 10.2. The molecule has 226 valence electrons. The molecule has 0 aliphatic carbocycles. The van der Waals surface area contributed by atoms with Gasteiger partial charge in [-0.15, -0.1) is 0 Å². The molecule has 0 rings (SSSR count). The summed E-state index contributed by atoms with van der Waals surface area (Å²) < 4.78 is 22.2. The molecule has 0 fully saturated rings. The third kappa shape index (κ3) is 22.1. The van der Waals surface area contributed by atoms with Gasteiger partial charge in [0, 0.05) is 50.3 Å². The molecule has 1 N–H and O–H groups in total. The van der Waals surface area contributed by atoms with E-state index in [4.69, 9.17) is 18.3 Å². The van der Waals surface area contributed by atoms with E-state index < -0.39 is 22.6 Å². The van der Waals surface area contributed by atoms with Gasteiger partial charge in [0.2, 0.25) is 5.91 Å². The van der Waals surface area contributed by atoms with Crippen LogP contribution in [0.25, 0.3) is 0 Å². The first-order chi connectivity index (χ1) is 18.2. The van der Waals surface area contributed by atoms with Crippen molar-refractivity contribution in [3.8, 4) is 0 Å². The molecule has 0 aromatic rings. The number of allylic oxidation sites excluding steroid dienone is 1. The Labute approximate surface area is 241 Å². The molecule has 39 heavy (non-hydrogen) atoms. The Bertz CT molecular complexity index is 779. The van der Waals surface area contributed by atoms with Gasteiger partial charge in [0.1, 0.15) is 11.9 Å². The largest absolute Gasteiger partial charge is 0.462 e. The summed E-state index contributed by atoms with van der Waals surface area (Å²) in [6, 6.07) is 1.38. The molecule has 2 atom stereocenters. The molecule has 0 spiro atoms. The molecule has 9 nitrogen and oxygen atoms in total. The third-order valence-corrected chi connectivity index (χ3v) is 14.3. The van der Waals surface area contributed by atoms with Crippen LogP contribution in [0, 0.1) is 0 Å². The van der Waals surface area contributed by atoms with Crippen LogP contribution in [-0.4, -0.2) is 90.7 Å². The van der Waals surface area contributed by atoms with Gasteiger partial charge in [-0.25, -0.2) is 0 Å². The number of ketones is 2. The topological polar surface area (TPSA) is 117 Å². The van der Waals surface area contributed by atoms with Crippen molar-refractivity contribution in [2.24, 2.45) is 0 Å². The van der Waals surface area contributed by atoms with Gasteiger partial charge in [-0.05, 0) is 58.2 Å². The molecule has 0 aromatic carbocycles. The minimum atomic E-state index is -2.00. The number of hydrogen-bond acceptors (Lipinski definition) is 9. The Morgan fingerprint density at radius 3 is 2.18 bits per heavy atom. The standard InChI is InChI=1S/C27H51NO8SSi2/c1-9-24(29)13-18-38(5,6)36-39(7,8)19-14-25(30)12-17-37-21-23(3)35-27(32)11-10-26(31)28-22(2)20-34-16-15-33-4/h9,22-23H,1,10-21H2,2-8H3,(H,28,31). The van der Waals surface area contributed by atoms with E-state index >= 15 is 0 Å². The van der Waals surface area contributed by atoms with Crippen molar-refractivity contribution >= 4 is 51.8 Å². The smallest absolute Gasteiger partial charge is 0.306 e. The van der Waals surface area contributed by atoms with Crippen molar-refractivity contribution in [2.45, 2.75) is 96.4 Å². The molecular formula is C27H51NO8SSi2. The summed E-state index contributed by atoms with van der Waals surface area (Å²) in [5, 5.41) is 2.79. The lowest BCUT2D eigenvalue weighted by Gasteiger charge is -2.34. The summed E-state index contributed by atoms with van der Waals surface area (Å²) in [6.45, 7) is 17.0. The zero-order chi connectivity index (χ0) is 29.9. The van der Waals surface area contributed by atoms with E-state index in [1.54, 1.807) is 18.9 Å². The number of methoxy groups -OCH3 is 1. The Morgan fingerprint density at radius 1 is 0.923 bits per heavy atom. The van der Waals surface area contributed by atoms with Gasteiger partial charge in [0.15, 0.2) is 22.4 Å². The van der Waals surface area contributed by atoms with Crippen molar-refractivity contribution in [2.75, 3.05) is 38.4 Å². The fraction of sp³-hybridized carbons (Fsp3) is 0.778. The first-order valence-corrected chi connectivity index (χ1v) is 21.1. The quantitative estimate of drug-likeness (QED) is 0.0733. The summed E-state index contributed by atoms with van der Waals surface area (Å²) in [5.41, 5.74) is 0. The van der Waals surface area contributed by atoms with Crippen LogP contribution in [0.5, 0.6) is 0 Å². The summed E-state index contributed by atoms with van der Waals surface area (Å²) in [6.07, 6.45) is 2.58. The van der Waals surface area contributed by atoms with Crippen LogP contribution in [0.3, 0.4) is 0 Å². The lowest BCUT2D eigenvalue weighted by molar-refractivity contribution is -0.148. The average Bonchev–Trinajstić information content (AvgIpc) is 2.84. The molecule has 12 heteroatoms. The number of thioether (sulfide) groups is 1. The fourth-order valence-electron chi connectivity index (χ4n) is 3.70. The summed E-state index contributed by atoms with van der Waals surface area (Å²) in [4.78, 5) is 48.0. The SMILES string of the molecule is C=CC(=O)CC[Si](C)(C)O[Si](C)(C)CCC(=O)CCSCC(C)OC(=O)CCC(=O)NC(C)COCCOC. The molecule has 0 aromatic heterocycles. The Balaban J connectivity index is 4.07. The summed E-state index contributed by atoms with van der Waals surface area (Å²) >= 11 is 1.58. The zero-order valence-corrected chi connectivity index (χ0v) is 27.9. The minimum Gasteiger partial charge on any atom is -0.462 e. The van der Waals surface area contributed by atoms with Crippen molar-refractivity contribution in [3.05, 3.63) is 12.7 Å². The molecule has 2 unspecified atom stereocenters. The van der Waals surface area contributed by atoms with Gasteiger partial charge in [-0.3, -0.25) is 19.2 Å². The van der Waals surface area contributed by atoms with Gasteiger partial charge in [-0.2, -0.15) is 11.8 Å². The second-order valence-electron chi connectivity index (χ2n) is 11.0. The van der Waals surface area contributed by atoms with E-state index in [1.165, 1.54) is 6.08 Å². The van der Waals surface area contributed by atoms with Gasteiger partial charge >= 0.3 is 5.97 Å². The molecule has 0 saturated heterocycles. The van der Waals surface area contributed by atoms with E-state index in [9.17, 15) is 19.2 Å². The van der Waals surface area contributed by atoms with Crippen molar-refractivity contribution in [3.63, 3.8) is 0 Å². The molecule has 0 aliphatic rings. The average molecular weight is 606 g/mol. The molecule has 1 amide bonds. The summed E-state index contributed by atoms with van der Waals surface area (Å²) in [5.74, 6) is 0.880. The maximum atomic E-state index is 12.4. The number of rotatable bonds is 24. The summed E-state index contributed by atoms with van der Waals surface area (Å²) in [7, 11) is -2.38. The van der Waals surface area contributed by atoms with Crippen LogP contribution in [0.4, 0.5) is 0 Å². The van der Waals surface area contributed by atoms with Crippen LogP contribution in [0.15, 0.2) is 12.7 Å². The highest BCUT2D eigenvalue weighted by Crippen LogP contribution is 2.24. The number of carbonyl (C=O) groups excluding carboxylic acids is 4. The van der Waals surface area contributed by atoms with E-state index in [1.807, 2.05) is 13.8 Å². The van der Waals surface area contributed by atoms with Gasteiger partial charge in [-0.1, -0.05) is 6.58 Å². The number of hydrogen-bond donors (Lipinski definition) is 1. The van der Waals surface area contributed by atoms with Crippen molar-refractivity contribution in [1.29, 1.82) is 0 Å². The second kappa shape index (κ2) is 20.5. The molecule has 0 aliphatic heterocycles. The first kappa shape index (κ1) is 37.7. The normalized spacial score (nSPS) is 13.4. The van der Waals surface area contributed by atoms with Crippen LogP contribution in [0.2, 0.25) is 38.3 Å². The van der Waals surface area contributed by atoms with E-state index in [2.05, 4.69) is 38.1 Å². The number of nitrogens with one attached hydrogen (secondary N) is 1. The van der Waals surface area contributed by atoms with Gasteiger partial charge in [0.25, 0.3) is 0 Å². The van der Waals surface area contributed by atoms with Crippen LogP contribution >= 0.6 is 11.8 Å². The zero-order valence-electron chi connectivity index (χ0n) is 25.1. The highest BCUT2D eigenvalue weighted by molar-refractivity contribution is 7.99. The van der Waals surface area contributed by atoms with E-state index in [0.717, 1.165) is 12.1 Å². The molecule has 0 saturated carbocycles. The second-order valence-corrected chi connectivity index (χ2v) is 21.0. The van der Waals surface area contributed by atoms with Gasteiger partial charge < -0.3 is 23.6 Å². The lowest BCUT2D eigenvalue weighted by Crippen LogP contribution is -2.44. The van der Waals surface area contributed by atoms with Crippen LogP contribution < -0.4 is 5.32 Å². The van der Waals surface area contributed by atoms with Gasteiger partial charge in [0.05, 0.1) is 26.2 Å². The highest BCUT2D eigenvalue weighted by Gasteiger charge is 2.33. The van der Waals surface area contributed by atoms with Crippen LogP contribution in [-0.2, 0) is 37.5 Å². The van der Waals surface area contributed by atoms with E-state index in [-0.39, 0.29) is 42.5 Å². The maximum absolute atomic E-state index is 12.4.